The highest BCUT2D eigenvalue weighted by atomic mass is 35.5. The number of benzene rings is 1. The predicted molar refractivity (Wildman–Crippen MR) is 81.5 cm³/mol. The third kappa shape index (κ3) is 4.71. The van der Waals surface area contributed by atoms with Crippen LogP contribution in [-0.2, 0) is 0 Å². The molecule has 0 aromatic heterocycles. The molecule has 7 heteroatoms. The summed E-state index contributed by atoms with van der Waals surface area (Å²) in [5, 5.41) is 4.19. The van der Waals surface area contributed by atoms with E-state index < -0.39 is 6.43 Å². The molecule has 1 fully saturated rings. The number of hydrogen-bond acceptors (Lipinski definition) is 2. The number of rotatable bonds is 4. The van der Waals surface area contributed by atoms with E-state index in [1.165, 1.54) is 0 Å². The predicted octanol–water partition coefficient (Wildman–Crippen LogP) is 4.02. The minimum atomic E-state index is -2.35. The number of nitrogens with one attached hydrogen (secondary N) is 1. The Kier molecular flexibility index (Phi) is 7.48. The third-order valence-corrected chi connectivity index (χ3v) is 3.88. The molecule has 2 rings (SSSR count). The second-order valence-electron chi connectivity index (χ2n) is 4.59. The van der Waals surface area contributed by atoms with Gasteiger partial charge in [0.15, 0.2) is 0 Å². The summed E-state index contributed by atoms with van der Waals surface area (Å²) in [6.45, 7) is 3.11. The van der Waals surface area contributed by atoms with Crippen LogP contribution in [0.2, 0.25) is 10.0 Å². The molecule has 2 nitrogen and oxygen atoms in total. The Morgan fingerprint density at radius 1 is 1.20 bits per heavy atom. The average molecular weight is 346 g/mol. The van der Waals surface area contributed by atoms with Crippen LogP contribution in [-0.4, -0.2) is 37.5 Å². The van der Waals surface area contributed by atoms with Gasteiger partial charge in [0.05, 0.1) is 0 Å². The summed E-state index contributed by atoms with van der Waals surface area (Å²) >= 11 is 12.0. The van der Waals surface area contributed by atoms with Gasteiger partial charge < -0.3 is 5.32 Å². The van der Waals surface area contributed by atoms with E-state index in [0.29, 0.717) is 10.0 Å². The molecule has 1 atom stereocenters. The quantitative estimate of drug-likeness (QED) is 0.887. The molecule has 0 bridgehead atoms. The average Bonchev–Trinajstić information content (AvgIpc) is 2.37. The number of alkyl halides is 2. The van der Waals surface area contributed by atoms with Crippen molar-refractivity contribution in [2.75, 3.05) is 26.2 Å². The van der Waals surface area contributed by atoms with Gasteiger partial charge in [-0.25, -0.2) is 8.78 Å². The summed E-state index contributed by atoms with van der Waals surface area (Å²) in [5.74, 6) is 0. The van der Waals surface area contributed by atoms with Crippen LogP contribution in [0.25, 0.3) is 0 Å². The Morgan fingerprint density at radius 3 is 2.40 bits per heavy atom. The fraction of sp³-hybridized carbons (Fsp3) is 0.538. The van der Waals surface area contributed by atoms with Gasteiger partial charge in [-0.2, -0.15) is 0 Å². The maximum Gasteiger partial charge on any atom is 0.240 e. The van der Waals surface area contributed by atoms with E-state index in [-0.39, 0.29) is 24.9 Å². The lowest BCUT2D eigenvalue weighted by Crippen LogP contribution is -2.45. The Labute approximate surface area is 133 Å². The van der Waals surface area contributed by atoms with Gasteiger partial charge >= 0.3 is 0 Å². The Morgan fingerprint density at radius 2 is 1.85 bits per heavy atom. The summed E-state index contributed by atoms with van der Waals surface area (Å²) in [7, 11) is 0. The van der Waals surface area contributed by atoms with Gasteiger partial charge in [0.25, 0.3) is 0 Å². The number of piperazine rings is 1. The van der Waals surface area contributed by atoms with Gasteiger partial charge in [-0.15, -0.1) is 12.4 Å². The summed E-state index contributed by atoms with van der Waals surface area (Å²) < 4.78 is 25.7. The van der Waals surface area contributed by atoms with E-state index >= 15 is 0 Å². The normalized spacial score (nSPS) is 17.9. The molecule has 1 N–H and O–H groups in total. The first-order valence-electron chi connectivity index (χ1n) is 6.26. The van der Waals surface area contributed by atoms with Crippen LogP contribution in [0.3, 0.4) is 0 Å². The largest absolute Gasteiger partial charge is 0.314 e. The second kappa shape index (κ2) is 8.35. The minimum Gasteiger partial charge on any atom is -0.314 e. The molecule has 20 heavy (non-hydrogen) atoms. The molecule has 0 saturated carbocycles. The van der Waals surface area contributed by atoms with Crippen LogP contribution in [0.4, 0.5) is 8.78 Å². The fourth-order valence-corrected chi connectivity index (χ4v) is 2.94. The van der Waals surface area contributed by atoms with Crippen LogP contribution < -0.4 is 5.32 Å². The van der Waals surface area contributed by atoms with E-state index in [9.17, 15) is 8.78 Å². The smallest absolute Gasteiger partial charge is 0.240 e. The van der Waals surface area contributed by atoms with Crippen molar-refractivity contribution in [2.45, 2.75) is 18.9 Å². The third-order valence-electron chi connectivity index (χ3n) is 3.32. The molecular weight excluding hydrogens is 329 g/mol. The second-order valence-corrected chi connectivity index (χ2v) is 5.44. The summed E-state index contributed by atoms with van der Waals surface area (Å²) in [6.07, 6.45) is -2.56. The van der Waals surface area contributed by atoms with E-state index in [2.05, 4.69) is 10.2 Å². The Hall–Kier alpha value is -0.130. The summed E-state index contributed by atoms with van der Waals surface area (Å²) in [6, 6.07) is 4.70. The molecule has 0 spiro atoms. The van der Waals surface area contributed by atoms with Crippen molar-refractivity contribution >= 4 is 35.6 Å². The number of halogens is 5. The van der Waals surface area contributed by atoms with E-state index in [0.717, 1.165) is 31.7 Å². The highest BCUT2D eigenvalue weighted by molar-refractivity contribution is 6.35. The molecule has 0 radical (unpaired) electrons. The van der Waals surface area contributed by atoms with Crippen molar-refractivity contribution in [3.8, 4) is 0 Å². The van der Waals surface area contributed by atoms with Crippen molar-refractivity contribution in [1.29, 1.82) is 0 Å². The van der Waals surface area contributed by atoms with Crippen molar-refractivity contribution in [1.82, 2.24) is 10.2 Å². The molecule has 114 valence electrons. The highest BCUT2D eigenvalue weighted by Gasteiger charge is 2.26. The Bertz CT molecular complexity index is 426. The molecule has 0 aliphatic carbocycles. The van der Waals surface area contributed by atoms with Crippen LogP contribution in [0, 0.1) is 0 Å². The van der Waals surface area contributed by atoms with Crippen molar-refractivity contribution in [3.05, 3.63) is 33.8 Å². The lowest BCUT2D eigenvalue weighted by molar-refractivity contribution is 0.0739. The molecule has 1 aliphatic rings. The van der Waals surface area contributed by atoms with Crippen LogP contribution in [0.5, 0.6) is 0 Å². The number of hydrogen-bond donors (Lipinski definition) is 1. The van der Waals surface area contributed by atoms with Crippen molar-refractivity contribution < 1.29 is 8.78 Å². The maximum atomic E-state index is 12.8. The fourth-order valence-electron chi connectivity index (χ4n) is 2.41. The first kappa shape index (κ1) is 17.9. The zero-order chi connectivity index (χ0) is 13.8. The molecule has 1 aliphatic heterocycles. The molecule has 1 aromatic carbocycles. The van der Waals surface area contributed by atoms with Crippen LogP contribution >= 0.6 is 35.6 Å². The van der Waals surface area contributed by atoms with E-state index in [4.69, 9.17) is 23.2 Å². The van der Waals surface area contributed by atoms with Gasteiger partial charge in [-0.1, -0.05) is 29.3 Å². The van der Waals surface area contributed by atoms with E-state index in [1.54, 1.807) is 18.2 Å². The molecule has 0 unspecified atom stereocenters. The lowest BCUT2D eigenvalue weighted by atomic mass is 10.0. The monoisotopic (exact) mass is 344 g/mol. The zero-order valence-electron chi connectivity index (χ0n) is 10.8. The standard InChI is InChI=1S/C13H16Cl2F2N2.ClH/c14-9-1-2-10(11(15)7-9)12(8-13(16)17)19-5-3-18-4-6-19;/h1-2,7,12-13,18H,3-6,8H2;1H/t12-;/m1./s1. The molecular formula is C13H17Cl3F2N2. The number of nitrogens with zero attached hydrogens (tertiary/aromatic N) is 1. The first-order valence-corrected chi connectivity index (χ1v) is 7.01. The minimum absolute atomic E-state index is 0. The zero-order valence-corrected chi connectivity index (χ0v) is 13.1. The molecule has 1 aromatic rings. The lowest BCUT2D eigenvalue weighted by Gasteiger charge is -2.35. The Balaban J connectivity index is 0.00000200. The van der Waals surface area contributed by atoms with Crippen LogP contribution in [0.15, 0.2) is 18.2 Å². The van der Waals surface area contributed by atoms with Gasteiger partial charge in [-0.3, -0.25) is 4.90 Å². The summed E-state index contributed by atoms with van der Waals surface area (Å²) in [4.78, 5) is 2.05. The van der Waals surface area contributed by atoms with Gasteiger partial charge in [0, 0.05) is 48.7 Å². The molecule has 0 amide bonds. The topological polar surface area (TPSA) is 15.3 Å². The molecule has 1 saturated heterocycles. The van der Waals surface area contributed by atoms with Crippen molar-refractivity contribution in [3.63, 3.8) is 0 Å². The highest BCUT2D eigenvalue weighted by Crippen LogP contribution is 2.33. The first-order chi connectivity index (χ1) is 9.08. The summed E-state index contributed by atoms with van der Waals surface area (Å²) in [5.41, 5.74) is 0.730. The van der Waals surface area contributed by atoms with Gasteiger partial charge in [0.2, 0.25) is 6.43 Å². The van der Waals surface area contributed by atoms with Crippen LogP contribution in [0.1, 0.15) is 18.0 Å². The van der Waals surface area contributed by atoms with E-state index in [1.807, 2.05) is 0 Å². The maximum absolute atomic E-state index is 12.8. The SMILES string of the molecule is Cl.FC(F)C[C@H](c1ccc(Cl)cc1Cl)N1CCNCC1. The van der Waals surface area contributed by atoms with Crippen molar-refractivity contribution in [2.24, 2.45) is 0 Å². The molecule has 1 heterocycles. The van der Waals surface area contributed by atoms with Gasteiger partial charge in [0.1, 0.15) is 0 Å². The van der Waals surface area contributed by atoms with Gasteiger partial charge in [-0.05, 0) is 17.7 Å².